The molecule has 1 fully saturated rings. The van der Waals surface area contributed by atoms with Gasteiger partial charge in [-0.3, -0.25) is 9.59 Å². The van der Waals surface area contributed by atoms with Crippen LogP contribution in [0.1, 0.15) is 22.3 Å². The van der Waals surface area contributed by atoms with Crippen LogP contribution < -0.4 is 9.47 Å². The Hall–Kier alpha value is -2.73. The second-order valence-corrected chi connectivity index (χ2v) is 6.79. The SMILES string of the molecule is COc1cc(C(=O)N2CCC(C(=O)O)C2)ccc1OCc1ccc(Cl)cc1. The van der Waals surface area contributed by atoms with Crippen molar-refractivity contribution in [2.24, 2.45) is 5.92 Å². The van der Waals surface area contributed by atoms with Crippen molar-refractivity contribution in [1.82, 2.24) is 4.90 Å². The molecule has 27 heavy (non-hydrogen) atoms. The Morgan fingerprint density at radius 3 is 2.56 bits per heavy atom. The zero-order valence-electron chi connectivity index (χ0n) is 14.9. The second kappa shape index (κ2) is 8.31. The summed E-state index contributed by atoms with van der Waals surface area (Å²) in [4.78, 5) is 25.3. The molecule has 0 radical (unpaired) electrons. The fourth-order valence-corrected chi connectivity index (χ4v) is 3.12. The highest BCUT2D eigenvalue weighted by Crippen LogP contribution is 2.30. The molecule has 2 aromatic rings. The van der Waals surface area contributed by atoms with E-state index >= 15 is 0 Å². The number of nitrogens with zero attached hydrogens (tertiary/aromatic N) is 1. The van der Waals surface area contributed by atoms with Gasteiger partial charge in [0.1, 0.15) is 6.61 Å². The average molecular weight is 390 g/mol. The first kappa shape index (κ1) is 19.0. The number of ether oxygens (including phenoxy) is 2. The number of rotatable bonds is 6. The van der Waals surface area contributed by atoms with Gasteiger partial charge in [0.25, 0.3) is 5.91 Å². The summed E-state index contributed by atoms with van der Waals surface area (Å²) >= 11 is 5.87. The molecule has 0 aromatic heterocycles. The van der Waals surface area contributed by atoms with Gasteiger partial charge in [-0.2, -0.15) is 0 Å². The van der Waals surface area contributed by atoms with Crippen molar-refractivity contribution in [1.29, 1.82) is 0 Å². The molecule has 0 aliphatic carbocycles. The van der Waals surface area contributed by atoms with Crippen molar-refractivity contribution >= 4 is 23.5 Å². The lowest BCUT2D eigenvalue weighted by molar-refractivity contribution is -0.141. The van der Waals surface area contributed by atoms with Crippen LogP contribution in [0.4, 0.5) is 0 Å². The van der Waals surface area contributed by atoms with E-state index in [-0.39, 0.29) is 12.5 Å². The summed E-state index contributed by atoms with van der Waals surface area (Å²) in [6, 6.07) is 12.3. The Morgan fingerprint density at radius 2 is 1.93 bits per heavy atom. The molecule has 6 nitrogen and oxygen atoms in total. The Labute approximate surface area is 162 Å². The number of hydrogen-bond donors (Lipinski definition) is 1. The number of halogens is 1. The number of carbonyl (C=O) groups is 2. The fourth-order valence-electron chi connectivity index (χ4n) is 2.99. The van der Waals surface area contributed by atoms with Gasteiger partial charge in [-0.25, -0.2) is 0 Å². The van der Waals surface area contributed by atoms with Gasteiger partial charge < -0.3 is 19.5 Å². The second-order valence-electron chi connectivity index (χ2n) is 6.36. The molecule has 1 N–H and O–H groups in total. The van der Waals surface area contributed by atoms with E-state index in [4.69, 9.17) is 26.2 Å². The first-order chi connectivity index (χ1) is 13.0. The molecule has 2 aromatic carbocycles. The predicted molar refractivity (Wildman–Crippen MR) is 100 cm³/mol. The molecule has 7 heteroatoms. The van der Waals surface area contributed by atoms with Gasteiger partial charge in [-0.15, -0.1) is 0 Å². The molecular formula is C20H20ClNO5. The monoisotopic (exact) mass is 389 g/mol. The van der Waals surface area contributed by atoms with Gasteiger partial charge in [-0.1, -0.05) is 23.7 Å². The number of carboxylic acids is 1. The number of carboxylic acid groups (broad SMARTS) is 1. The first-order valence-electron chi connectivity index (χ1n) is 8.55. The van der Waals surface area contributed by atoms with Crippen LogP contribution in [0.25, 0.3) is 0 Å². The third kappa shape index (κ3) is 4.52. The summed E-state index contributed by atoms with van der Waals surface area (Å²) in [7, 11) is 1.51. The molecule has 3 rings (SSSR count). The molecule has 0 saturated carbocycles. The summed E-state index contributed by atoms with van der Waals surface area (Å²) in [5, 5.41) is 9.75. The smallest absolute Gasteiger partial charge is 0.308 e. The van der Waals surface area contributed by atoms with Crippen molar-refractivity contribution in [2.45, 2.75) is 13.0 Å². The standard InChI is InChI=1S/C20H20ClNO5/c1-26-18-10-14(19(23)22-9-8-15(11-22)20(24)25)4-7-17(18)27-12-13-2-5-16(21)6-3-13/h2-7,10,15H,8-9,11-12H2,1H3,(H,24,25). The first-order valence-corrected chi connectivity index (χ1v) is 8.93. The lowest BCUT2D eigenvalue weighted by atomic mass is 10.1. The third-order valence-corrected chi connectivity index (χ3v) is 4.79. The van der Waals surface area contributed by atoms with Gasteiger partial charge >= 0.3 is 5.97 Å². The Balaban J connectivity index is 1.69. The zero-order valence-corrected chi connectivity index (χ0v) is 15.6. The number of likely N-dealkylation sites (tertiary alicyclic amines) is 1. The van der Waals surface area contributed by atoms with E-state index in [0.29, 0.717) is 41.7 Å². The average Bonchev–Trinajstić information content (AvgIpc) is 3.17. The summed E-state index contributed by atoms with van der Waals surface area (Å²) in [6.07, 6.45) is 0.473. The molecule has 1 aliphatic rings. The van der Waals surface area contributed by atoms with Gasteiger partial charge in [0, 0.05) is 23.7 Å². The van der Waals surface area contributed by atoms with E-state index < -0.39 is 11.9 Å². The molecule has 1 saturated heterocycles. The van der Waals surface area contributed by atoms with Crippen LogP contribution in [0.5, 0.6) is 11.5 Å². The van der Waals surface area contributed by atoms with Crippen LogP contribution >= 0.6 is 11.6 Å². The largest absolute Gasteiger partial charge is 0.493 e. The van der Waals surface area contributed by atoms with Crippen LogP contribution in [0.15, 0.2) is 42.5 Å². The maximum atomic E-state index is 12.6. The van der Waals surface area contributed by atoms with Gasteiger partial charge in [0.2, 0.25) is 0 Å². The summed E-state index contributed by atoms with van der Waals surface area (Å²) in [5.41, 5.74) is 1.40. The minimum absolute atomic E-state index is 0.207. The molecule has 1 amide bonds. The van der Waals surface area contributed by atoms with Crippen molar-refractivity contribution in [3.63, 3.8) is 0 Å². The third-order valence-electron chi connectivity index (χ3n) is 4.54. The van der Waals surface area contributed by atoms with Crippen LogP contribution in [0, 0.1) is 5.92 Å². The van der Waals surface area contributed by atoms with E-state index in [9.17, 15) is 9.59 Å². The van der Waals surface area contributed by atoms with Gasteiger partial charge in [-0.05, 0) is 42.3 Å². The predicted octanol–water partition coefficient (Wildman–Crippen LogP) is 3.47. The molecule has 0 bridgehead atoms. The van der Waals surface area contributed by atoms with Crippen LogP contribution in [0.3, 0.4) is 0 Å². The quantitative estimate of drug-likeness (QED) is 0.818. The van der Waals surface area contributed by atoms with E-state index in [2.05, 4.69) is 0 Å². The van der Waals surface area contributed by atoms with E-state index in [1.54, 1.807) is 35.2 Å². The number of aliphatic carboxylic acids is 1. The molecule has 1 aliphatic heterocycles. The molecular weight excluding hydrogens is 370 g/mol. The number of methoxy groups -OCH3 is 1. The molecule has 1 heterocycles. The summed E-state index contributed by atoms with van der Waals surface area (Å²) in [5.74, 6) is -0.606. The van der Waals surface area contributed by atoms with Crippen molar-refractivity contribution in [2.75, 3.05) is 20.2 Å². The van der Waals surface area contributed by atoms with Crippen LogP contribution in [-0.2, 0) is 11.4 Å². The Kier molecular flexibility index (Phi) is 5.86. The number of amides is 1. The number of hydrogen-bond acceptors (Lipinski definition) is 4. The lowest BCUT2D eigenvalue weighted by Crippen LogP contribution is -2.29. The van der Waals surface area contributed by atoms with Gasteiger partial charge in [0.15, 0.2) is 11.5 Å². The number of carbonyl (C=O) groups excluding carboxylic acids is 1. The highest BCUT2D eigenvalue weighted by molar-refractivity contribution is 6.30. The van der Waals surface area contributed by atoms with Gasteiger partial charge in [0.05, 0.1) is 13.0 Å². The van der Waals surface area contributed by atoms with Crippen molar-refractivity contribution < 1.29 is 24.2 Å². The normalized spacial score (nSPS) is 16.2. The maximum absolute atomic E-state index is 12.6. The molecule has 0 spiro atoms. The van der Waals surface area contributed by atoms with E-state index in [0.717, 1.165) is 5.56 Å². The fraction of sp³-hybridized carbons (Fsp3) is 0.300. The highest BCUT2D eigenvalue weighted by atomic mass is 35.5. The summed E-state index contributed by atoms with van der Waals surface area (Å²) < 4.78 is 11.1. The topological polar surface area (TPSA) is 76.1 Å². The molecule has 1 unspecified atom stereocenters. The minimum atomic E-state index is -0.867. The number of benzene rings is 2. The van der Waals surface area contributed by atoms with Crippen LogP contribution in [0.2, 0.25) is 5.02 Å². The van der Waals surface area contributed by atoms with Crippen LogP contribution in [-0.4, -0.2) is 42.1 Å². The van der Waals surface area contributed by atoms with E-state index in [1.807, 2.05) is 12.1 Å². The summed E-state index contributed by atoms with van der Waals surface area (Å²) in [6.45, 7) is 1.01. The molecule has 1 atom stereocenters. The Morgan fingerprint density at radius 1 is 1.19 bits per heavy atom. The highest BCUT2D eigenvalue weighted by Gasteiger charge is 2.31. The Bertz CT molecular complexity index is 837. The van der Waals surface area contributed by atoms with E-state index in [1.165, 1.54) is 7.11 Å². The van der Waals surface area contributed by atoms with Crippen molar-refractivity contribution in [3.05, 3.63) is 58.6 Å². The maximum Gasteiger partial charge on any atom is 0.308 e. The van der Waals surface area contributed by atoms with Crippen molar-refractivity contribution in [3.8, 4) is 11.5 Å². The molecule has 142 valence electrons. The minimum Gasteiger partial charge on any atom is -0.493 e. The lowest BCUT2D eigenvalue weighted by Gasteiger charge is -2.17. The zero-order chi connectivity index (χ0) is 19.4.